The largest absolute Gasteiger partial charge is 0.396 e. The molecule has 8 heteroatoms. The molecule has 24 heavy (non-hydrogen) atoms. The first-order valence-electron chi connectivity index (χ1n) is 8.34. The number of benzene rings is 1. The fourth-order valence-electron chi connectivity index (χ4n) is 3.18. The molecule has 2 aromatic rings. The number of nitrogens with one attached hydrogen (secondary N) is 2. The Bertz CT molecular complexity index is 774. The van der Waals surface area contributed by atoms with Crippen molar-refractivity contribution in [1.82, 2.24) is 19.6 Å². The predicted molar refractivity (Wildman–Crippen MR) is 92.1 cm³/mol. The molecule has 0 aliphatic carbocycles. The molecule has 1 atom stereocenters. The number of H-pyrrole nitrogens is 1. The maximum Gasteiger partial charge on any atom is 0.240 e. The third kappa shape index (κ3) is 4.13. The second-order valence-corrected chi connectivity index (χ2v) is 8.09. The number of aromatic amines is 1. The van der Waals surface area contributed by atoms with E-state index in [9.17, 15) is 13.5 Å². The number of hydrogen-bond donors (Lipinski definition) is 3. The Hall–Kier alpha value is -1.48. The van der Waals surface area contributed by atoms with Crippen LogP contribution in [-0.4, -0.2) is 61.2 Å². The van der Waals surface area contributed by atoms with Gasteiger partial charge < -0.3 is 15.0 Å². The van der Waals surface area contributed by atoms with Crippen molar-refractivity contribution in [1.29, 1.82) is 0 Å². The van der Waals surface area contributed by atoms with Crippen LogP contribution in [0.1, 0.15) is 19.3 Å². The first-order valence-corrected chi connectivity index (χ1v) is 9.83. The van der Waals surface area contributed by atoms with Crippen LogP contribution in [0.15, 0.2) is 29.4 Å². The summed E-state index contributed by atoms with van der Waals surface area (Å²) in [7, 11) is -3.50. The number of sulfonamides is 1. The van der Waals surface area contributed by atoms with Gasteiger partial charge in [-0.05, 0) is 56.5 Å². The minimum absolute atomic E-state index is 0.235. The van der Waals surface area contributed by atoms with Crippen LogP contribution in [0.4, 0.5) is 0 Å². The molecule has 3 N–H and O–H groups in total. The van der Waals surface area contributed by atoms with Crippen molar-refractivity contribution in [3.63, 3.8) is 0 Å². The summed E-state index contributed by atoms with van der Waals surface area (Å²) in [6.45, 7) is 3.42. The summed E-state index contributed by atoms with van der Waals surface area (Å²) < 4.78 is 27.4. The number of aliphatic hydroxyl groups is 1. The Kier molecular flexibility index (Phi) is 5.50. The molecule has 2 heterocycles. The Balaban J connectivity index is 1.50. The fraction of sp³-hybridized carbons (Fsp3) is 0.562. The van der Waals surface area contributed by atoms with Crippen molar-refractivity contribution in [3.05, 3.63) is 24.5 Å². The predicted octanol–water partition coefficient (Wildman–Crippen LogP) is 0.936. The zero-order valence-electron chi connectivity index (χ0n) is 13.6. The second kappa shape index (κ2) is 7.60. The average molecular weight is 352 g/mol. The van der Waals surface area contributed by atoms with E-state index in [4.69, 9.17) is 0 Å². The maximum absolute atomic E-state index is 12.4. The molecule has 0 bridgehead atoms. The second-order valence-electron chi connectivity index (χ2n) is 6.32. The molecule has 1 fully saturated rings. The van der Waals surface area contributed by atoms with Gasteiger partial charge in [0.15, 0.2) is 0 Å². The van der Waals surface area contributed by atoms with Crippen LogP contribution >= 0.6 is 0 Å². The van der Waals surface area contributed by atoms with Crippen LogP contribution in [0.2, 0.25) is 0 Å². The zero-order chi connectivity index (χ0) is 17.0. The third-order valence-electron chi connectivity index (χ3n) is 4.51. The molecule has 7 nitrogen and oxygen atoms in total. The highest BCUT2D eigenvalue weighted by Crippen LogP contribution is 2.17. The van der Waals surface area contributed by atoms with Crippen molar-refractivity contribution >= 4 is 21.1 Å². The third-order valence-corrected chi connectivity index (χ3v) is 5.97. The number of piperidine rings is 1. The molecule has 0 saturated carbocycles. The number of rotatable bonds is 7. The highest BCUT2D eigenvalue weighted by atomic mass is 32.2. The van der Waals surface area contributed by atoms with Gasteiger partial charge in [-0.1, -0.05) is 0 Å². The van der Waals surface area contributed by atoms with Gasteiger partial charge in [0.2, 0.25) is 10.0 Å². The van der Waals surface area contributed by atoms with E-state index in [1.54, 1.807) is 24.5 Å². The topological polar surface area (TPSA) is 98.3 Å². The van der Waals surface area contributed by atoms with Gasteiger partial charge in [0.05, 0.1) is 22.3 Å². The molecule has 1 aliphatic rings. The lowest BCUT2D eigenvalue weighted by molar-refractivity contribution is 0.120. The molecule has 1 aliphatic heterocycles. The van der Waals surface area contributed by atoms with Crippen LogP contribution < -0.4 is 4.72 Å². The number of aromatic nitrogens is 2. The van der Waals surface area contributed by atoms with Gasteiger partial charge in [0.25, 0.3) is 0 Å². The van der Waals surface area contributed by atoms with E-state index in [0.717, 1.165) is 44.4 Å². The number of hydrogen-bond acceptors (Lipinski definition) is 5. The standard InChI is InChI=1S/C16H24N4O3S/c21-11-13-3-1-7-20(10-13)8-2-6-19-24(22,23)14-4-5-15-16(9-14)18-12-17-15/h4-5,9,12-13,19,21H,1-3,6-8,10-11H2,(H,17,18). The van der Waals surface area contributed by atoms with Crippen LogP contribution in [0.3, 0.4) is 0 Å². The number of likely N-dealkylation sites (tertiary alicyclic amines) is 1. The molecular formula is C16H24N4O3S. The molecule has 0 amide bonds. The van der Waals surface area contributed by atoms with Gasteiger partial charge in [-0.25, -0.2) is 18.1 Å². The van der Waals surface area contributed by atoms with E-state index in [-0.39, 0.29) is 11.5 Å². The number of fused-ring (bicyclic) bond motifs is 1. The Labute approximate surface area is 142 Å². The quantitative estimate of drug-likeness (QED) is 0.644. The molecule has 0 radical (unpaired) electrons. The highest BCUT2D eigenvalue weighted by molar-refractivity contribution is 7.89. The van der Waals surface area contributed by atoms with Crippen LogP contribution in [0.5, 0.6) is 0 Å². The molecule has 1 saturated heterocycles. The molecule has 1 aromatic heterocycles. The normalized spacial score (nSPS) is 19.8. The van der Waals surface area contributed by atoms with Gasteiger partial charge in [0, 0.05) is 19.7 Å². The van der Waals surface area contributed by atoms with Crippen molar-refractivity contribution in [3.8, 4) is 0 Å². The maximum atomic E-state index is 12.4. The van der Waals surface area contributed by atoms with E-state index in [0.29, 0.717) is 18.0 Å². The summed E-state index contributed by atoms with van der Waals surface area (Å²) in [6.07, 6.45) is 4.48. The first-order chi connectivity index (χ1) is 11.6. The summed E-state index contributed by atoms with van der Waals surface area (Å²) in [6, 6.07) is 4.87. The number of aliphatic hydroxyl groups excluding tert-OH is 1. The lowest BCUT2D eigenvalue weighted by Gasteiger charge is -2.31. The molecule has 3 rings (SSSR count). The monoisotopic (exact) mass is 352 g/mol. The fourth-order valence-corrected chi connectivity index (χ4v) is 4.28. The molecule has 1 aromatic carbocycles. The minimum Gasteiger partial charge on any atom is -0.396 e. The summed E-state index contributed by atoms with van der Waals surface area (Å²) in [5.74, 6) is 0.358. The summed E-state index contributed by atoms with van der Waals surface area (Å²) in [4.78, 5) is 9.56. The molecule has 1 unspecified atom stereocenters. The summed E-state index contributed by atoms with van der Waals surface area (Å²) in [5.41, 5.74) is 1.46. The molecule has 0 spiro atoms. The number of nitrogens with zero attached hydrogens (tertiary/aromatic N) is 2. The SMILES string of the molecule is O=S(=O)(NCCCN1CCCC(CO)C1)c1ccc2nc[nH]c2c1. The lowest BCUT2D eigenvalue weighted by Crippen LogP contribution is -2.38. The van der Waals surface area contributed by atoms with E-state index in [2.05, 4.69) is 19.6 Å². The first kappa shape index (κ1) is 17.3. The van der Waals surface area contributed by atoms with E-state index >= 15 is 0 Å². The smallest absolute Gasteiger partial charge is 0.240 e. The van der Waals surface area contributed by atoms with Crippen molar-refractivity contribution in [2.75, 3.05) is 32.8 Å². The Morgan fingerprint density at radius 3 is 3.12 bits per heavy atom. The summed E-state index contributed by atoms with van der Waals surface area (Å²) >= 11 is 0. The van der Waals surface area contributed by atoms with Crippen LogP contribution in [0.25, 0.3) is 11.0 Å². The van der Waals surface area contributed by atoms with Gasteiger partial charge in [0.1, 0.15) is 0 Å². The van der Waals surface area contributed by atoms with Crippen LogP contribution in [-0.2, 0) is 10.0 Å². The zero-order valence-corrected chi connectivity index (χ0v) is 14.4. The Morgan fingerprint density at radius 1 is 1.42 bits per heavy atom. The van der Waals surface area contributed by atoms with Gasteiger partial charge in [-0.3, -0.25) is 0 Å². The molecule has 132 valence electrons. The number of imidazole rings is 1. The molecular weight excluding hydrogens is 328 g/mol. The van der Waals surface area contributed by atoms with Crippen LogP contribution in [0, 0.1) is 5.92 Å². The van der Waals surface area contributed by atoms with Gasteiger partial charge in [-0.15, -0.1) is 0 Å². The van der Waals surface area contributed by atoms with Crippen molar-refractivity contribution in [2.45, 2.75) is 24.2 Å². The summed E-state index contributed by atoms with van der Waals surface area (Å²) in [5, 5.41) is 9.25. The minimum atomic E-state index is -3.50. The van der Waals surface area contributed by atoms with E-state index in [1.165, 1.54) is 0 Å². The van der Waals surface area contributed by atoms with Crippen molar-refractivity contribution < 1.29 is 13.5 Å². The van der Waals surface area contributed by atoms with Gasteiger partial charge in [-0.2, -0.15) is 0 Å². The van der Waals surface area contributed by atoms with Crippen molar-refractivity contribution in [2.24, 2.45) is 5.92 Å². The average Bonchev–Trinajstić information content (AvgIpc) is 3.06. The lowest BCUT2D eigenvalue weighted by atomic mass is 9.99. The Morgan fingerprint density at radius 2 is 2.29 bits per heavy atom. The highest BCUT2D eigenvalue weighted by Gasteiger charge is 2.19. The van der Waals surface area contributed by atoms with E-state index < -0.39 is 10.0 Å². The van der Waals surface area contributed by atoms with Gasteiger partial charge >= 0.3 is 0 Å². The van der Waals surface area contributed by atoms with E-state index in [1.807, 2.05) is 0 Å².